The van der Waals surface area contributed by atoms with Gasteiger partial charge in [-0.2, -0.15) is 5.26 Å². The van der Waals surface area contributed by atoms with Crippen LogP contribution in [0.25, 0.3) is 0 Å². The standard InChI is InChI=1S/C12H21N3O2/c1-12(2,3)17-11(16)15-7-5-9-4-6-14-10(9)8-13/h9-10,14H,4-7H2,1-3H3,(H,15,16). The zero-order valence-electron chi connectivity index (χ0n) is 10.7. The van der Waals surface area contributed by atoms with Crippen molar-refractivity contribution in [2.45, 2.75) is 45.3 Å². The Hall–Kier alpha value is -1.28. The van der Waals surface area contributed by atoms with Crippen LogP contribution in [0.15, 0.2) is 0 Å². The van der Waals surface area contributed by atoms with E-state index in [1.165, 1.54) is 0 Å². The average Bonchev–Trinajstić information content (AvgIpc) is 2.62. The van der Waals surface area contributed by atoms with E-state index in [1.807, 2.05) is 20.8 Å². The Kier molecular flexibility index (Phi) is 4.76. The molecule has 0 aromatic carbocycles. The predicted molar refractivity (Wildman–Crippen MR) is 64.4 cm³/mol. The van der Waals surface area contributed by atoms with E-state index in [0.29, 0.717) is 12.5 Å². The Bertz CT molecular complexity index is 304. The SMILES string of the molecule is CC(C)(C)OC(=O)NCCC1CCNC1C#N. The Morgan fingerprint density at radius 3 is 2.88 bits per heavy atom. The molecule has 2 atom stereocenters. The summed E-state index contributed by atoms with van der Waals surface area (Å²) in [6, 6.07) is 2.16. The van der Waals surface area contributed by atoms with Gasteiger partial charge < -0.3 is 15.4 Å². The second-order valence-electron chi connectivity index (χ2n) is 5.33. The third-order valence-electron chi connectivity index (χ3n) is 2.67. The summed E-state index contributed by atoms with van der Waals surface area (Å²) >= 11 is 0. The van der Waals surface area contributed by atoms with E-state index in [2.05, 4.69) is 16.7 Å². The maximum Gasteiger partial charge on any atom is 0.407 e. The van der Waals surface area contributed by atoms with Crippen LogP contribution in [0.3, 0.4) is 0 Å². The van der Waals surface area contributed by atoms with Gasteiger partial charge in [0, 0.05) is 6.54 Å². The lowest BCUT2D eigenvalue weighted by Gasteiger charge is -2.20. The topological polar surface area (TPSA) is 74.2 Å². The van der Waals surface area contributed by atoms with E-state index in [1.54, 1.807) is 0 Å². The monoisotopic (exact) mass is 239 g/mol. The van der Waals surface area contributed by atoms with Crippen LogP contribution in [0.5, 0.6) is 0 Å². The van der Waals surface area contributed by atoms with Crippen LogP contribution in [0.1, 0.15) is 33.6 Å². The fourth-order valence-electron chi connectivity index (χ4n) is 1.89. The first-order chi connectivity index (χ1) is 7.92. The molecule has 0 aromatic rings. The minimum Gasteiger partial charge on any atom is -0.444 e. The highest BCUT2D eigenvalue weighted by Gasteiger charge is 2.26. The lowest BCUT2D eigenvalue weighted by Crippen LogP contribution is -2.34. The average molecular weight is 239 g/mol. The first-order valence-corrected chi connectivity index (χ1v) is 6.02. The van der Waals surface area contributed by atoms with E-state index in [-0.39, 0.29) is 6.04 Å². The van der Waals surface area contributed by atoms with Gasteiger partial charge in [-0.3, -0.25) is 0 Å². The van der Waals surface area contributed by atoms with E-state index in [9.17, 15) is 4.79 Å². The van der Waals surface area contributed by atoms with E-state index in [4.69, 9.17) is 10.00 Å². The largest absolute Gasteiger partial charge is 0.444 e. The van der Waals surface area contributed by atoms with Crippen LogP contribution >= 0.6 is 0 Å². The number of carbonyl (C=O) groups excluding carboxylic acids is 1. The summed E-state index contributed by atoms with van der Waals surface area (Å²) in [6.45, 7) is 6.94. The summed E-state index contributed by atoms with van der Waals surface area (Å²) in [5.41, 5.74) is -0.464. The minimum atomic E-state index is -0.464. The van der Waals surface area contributed by atoms with Gasteiger partial charge in [0.2, 0.25) is 0 Å². The number of ether oxygens (including phenoxy) is 1. The predicted octanol–water partition coefficient (Wildman–Crippen LogP) is 1.40. The van der Waals surface area contributed by atoms with Gasteiger partial charge in [-0.1, -0.05) is 0 Å². The maximum atomic E-state index is 11.4. The normalized spacial score (nSPS) is 24.1. The van der Waals surface area contributed by atoms with Crippen LogP contribution in [0, 0.1) is 17.2 Å². The van der Waals surface area contributed by atoms with Crippen molar-refractivity contribution in [3.8, 4) is 6.07 Å². The van der Waals surface area contributed by atoms with E-state index >= 15 is 0 Å². The van der Waals surface area contributed by atoms with Gasteiger partial charge in [0.05, 0.1) is 12.1 Å². The first kappa shape index (κ1) is 13.8. The van der Waals surface area contributed by atoms with Gasteiger partial charge in [0.15, 0.2) is 0 Å². The second kappa shape index (κ2) is 5.87. The molecule has 5 nitrogen and oxygen atoms in total. The fraction of sp³-hybridized carbons (Fsp3) is 0.833. The molecule has 17 heavy (non-hydrogen) atoms. The lowest BCUT2D eigenvalue weighted by atomic mass is 9.98. The second-order valence-corrected chi connectivity index (χ2v) is 5.33. The highest BCUT2D eigenvalue weighted by Crippen LogP contribution is 2.18. The van der Waals surface area contributed by atoms with Gasteiger partial charge in [0.25, 0.3) is 0 Å². The molecule has 1 aliphatic rings. The molecule has 5 heteroatoms. The lowest BCUT2D eigenvalue weighted by molar-refractivity contribution is 0.0525. The summed E-state index contributed by atoms with van der Waals surface area (Å²) in [7, 11) is 0. The molecule has 2 unspecified atom stereocenters. The molecule has 1 rings (SSSR count). The molecule has 0 saturated carbocycles. The van der Waals surface area contributed by atoms with Gasteiger partial charge >= 0.3 is 6.09 Å². The quantitative estimate of drug-likeness (QED) is 0.780. The number of carbonyl (C=O) groups is 1. The molecule has 1 heterocycles. The minimum absolute atomic E-state index is 0.0737. The molecule has 0 aromatic heterocycles. The van der Waals surface area contributed by atoms with Crippen molar-refractivity contribution in [1.82, 2.24) is 10.6 Å². The molecule has 1 aliphatic heterocycles. The van der Waals surface area contributed by atoms with Crippen molar-refractivity contribution in [3.63, 3.8) is 0 Å². The molecule has 1 amide bonds. The summed E-state index contributed by atoms with van der Waals surface area (Å²) in [5.74, 6) is 0.329. The number of nitriles is 1. The number of nitrogens with zero attached hydrogens (tertiary/aromatic N) is 1. The van der Waals surface area contributed by atoms with E-state index in [0.717, 1.165) is 19.4 Å². The maximum absolute atomic E-state index is 11.4. The number of amides is 1. The highest BCUT2D eigenvalue weighted by molar-refractivity contribution is 5.67. The van der Waals surface area contributed by atoms with Crippen molar-refractivity contribution in [2.24, 2.45) is 5.92 Å². The molecule has 0 aliphatic carbocycles. The van der Waals surface area contributed by atoms with Crippen LogP contribution in [0.4, 0.5) is 4.79 Å². The molecule has 2 N–H and O–H groups in total. The number of rotatable bonds is 3. The van der Waals surface area contributed by atoms with Crippen molar-refractivity contribution < 1.29 is 9.53 Å². The molecule has 0 bridgehead atoms. The smallest absolute Gasteiger partial charge is 0.407 e. The molecule has 1 saturated heterocycles. The molecule has 0 spiro atoms. The summed E-state index contributed by atoms with van der Waals surface area (Å²) in [6.07, 6.45) is 1.41. The van der Waals surface area contributed by atoms with Crippen molar-refractivity contribution in [1.29, 1.82) is 5.26 Å². The van der Waals surface area contributed by atoms with Gasteiger partial charge in [-0.05, 0) is 46.1 Å². The molecule has 96 valence electrons. The number of hydrogen-bond acceptors (Lipinski definition) is 4. The van der Waals surface area contributed by atoms with Crippen molar-refractivity contribution >= 4 is 6.09 Å². The van der Waals surface area contributed by atoms with E-state index < -0.39 is 11.7 Å². The molecular weight excluding hydrogens is 218 g/mol. The number of nitrogens with one attached hydrogen (secondary N) is 2. The summed E-state index contributed by atoms with van der Waals surface area (Å²) in [4.78, 5) is 11.4. The Labute approximate surface area is 103 Å². The summed E-state index contributed by atoms with van der Waals surface area (Å²) in [5, 5.41) is 14.7. The zero-order valence-corrected chi connectivity index (χ0v) is 10.7. The third kappa shape index (κ3) is 5.05. The van der Waals surface area contributed by atoms with Crippen LogP contribution in [-0.2, 0) is 4.74 Å². The Morgan fingerprint density at radius 2 is 2.29 bits per heavy atom. The van der Waals surface area contributed by atoms with Gasteiger partial charge in [-0.15, -0.1) is 0 Å². The van der Waals surface area contributed by atoms with Gasteiger partial charge in [0.1, 0.15) is 5.60 Å². The zero-order chi connectivity index (χ0) is 12.9. The van der Waals surface area contributed by atoms with Crippen molar-refractivity contribution in [2.75, 3.05) is 13.1 Å². The Balaban J connectivity index is 2.20. The fourth-order valence-corrected chi connectivity index (χ4v) is 1.89. The van der Waals surface area contributed by atoms with Crippen LogP contribution < -0.4 is 10.6 Å². The van der Waals surface area contributed by atoms with Crippen molar-refractivity contribution in [3.05, 3.63) is 0 Å². The van der Waals surface area contributed by atoms with Crippen LogP contribution in [0.2, 0.25) is 0 Å². The molecule has 0 radical (unpaired) electrons. The Morgan fingerprint density at radius 1 is 1.59 bits per heavy atom. The first-order valence-electron chi connectivity index (χ1n) is 6.02. The van der Waals surface area contributed by atoms with Gasteiger partial charge in [-0.25, -0.2) is 4.79 Å². The number of hydrogen-bond donors (Lipinski definition) is 2. The number of alkyl carbamates (subject to hydrolysis) is 1. The third-order valence-corrected chi connectivity index (χ3v) is 2.67. The van der Waals surface area contributed by atoms with Crippen LogP contribution in [-0.4, -0.2) is 30.8 Å². The molecule has 1 fully saturated rings. The summed E-state index contributed by atoms with van der Waals surface area (Å²) < 4.78 is 5.12. The highest BCUT2D eigenvalue weighted by atomic mass is 16.6. The molecular formula is C12H21N3O2.